The summed E-state index contributed by atoms with van der Waals surface area (Å²) in [4.78, 5) is 11.9. The van der Waals surface area contributed by atoms with E-state index in [1.54, 1.807) is 24.3 Å². The fourth-order valence-corrected chi connectivity index (χ4v) is 1.82. The Kier molecular flexibility index (Phi) is 4.92. The molecule has 0 aromatic heterocycles. The van der Waals surface area contributed by atoms with Crippen molar-refractivity contribution < 1.29 is 22.7 Å². The third kappa shape index (κ3) is 3.51. The number of nitrogens with one attached hydrogen (secondary N) is 1. The Morgan fingerprint density at radius 3 is 2.50 bits per heavy atom. The van der Waals surface area contributed by atoms with Crippen molar-refractivity contribution in [2.45, 2.75) is 13.0 Å². The molecule has 22 heavy (non-hydrogen) atoms. The van der Waals surface area contributed by atoms with Crippen LogP contribution in [0.3, 0.4) is 0 Å². The minimum Gasteiger partial charge on any atom is -0.479 e. The third-order valence-electron chi connectivity index (χ3n) is 2.80. The summed E-state index contributed by atoms with van der Waals surface area (Å²) in [5, 5.41) is 2.44. The summed E-state index contributed by atoms with van der Waals surface area (Å²) < 4.78 is 44.7. The monoisotopic (exact) mass is 329 g/mol. The molecule has 1 amide bonds. The lowest BCUT2D eigenvalue weighted by Crippen LogP contribution is -2.30. The number of carbonyl (C=O) groups is 1. The molecule has 0 bridgehead atoms. The molecule has 0 aliphatic heterocycles. The van der Waals surface area contributed by atoms with E-state index in [2.05, 4.69) is 5.32 Å². The molecule has 0 aliphatic rings. The van der Waals surface area contributed by atoms with Gasteiger partial charge in [-0.3, -0.25) is 4.79 Å². The minimum atomic E-state index is -1.66. The largest absolute Gasteiger partial charge is 0.479 e. The number of anilines is 1. The van der Waals surface area contributed by atoms with Gasteiger partial charge >= 0.3 is 0 Å². The molecular weight excluding hydrogens is 319 g/mol. The molecule has 0 radical (unpaired) electrons. The van der Waals surface area contributed by atoms with Crippen LogP contribution < -0.4 is 10.1 Å². The lowest BCUT2D eigenvalue weighted by Gasteiger charge is -2.16. The highest BCUT2D eigenvalue weighted by Gasteiger charge is 2.20. The Morgan fingerprint density at radius 2 is 1.82 bits per heavy atom. The van der Waals surface area contributed by atoms with E-state index in [1.807, 2.05) is 0 Å². The Labute approximate surface area is 129 Å². The van der Waals surface area contributed by atoms with Crippen LogP contribution in [0.2, 0.25) is 5.02 Å². The Balaban J connectivity index is 2.09. The van der Waals surface area contributed by atoms with E-state index in [-0.39, 0.29) is 5.75 Å². The van der Waals surface area contributed by atoms with Gasteiger partial charge < -0.3 is 10.1 Å². The van der Waals surface area contributed by atoms with E-state index < -0.39 is 35.2 Å². The van der Waals surface area contributed by atoms with Gasteiger partial charge in [0.2, 0.25) is 0 Å². The van der Waals surface area contributed by atoms with Crippen LogP contribution >= 0.6 is 11.6 Å². The highest BCUT2D eigenvalue weighted by molar-refractivity contribution is 6.32. The standard InChI is InChI=1S/C15H11ClF3NO2/c1-8(22-12-5-3-2-4-9(12)16)15(21)20-11-7-6-10(17)13(18)14(11)19/h2-8H,1H3,(H,20,21). The van der Waals surface area contributed by atoms with Crippen molar-refractivity contribution in [2.75, 3.05) is 5.32 Å². The van der Waals surface area contributed by atoms with Crippen LogP contribution in [0.4, 0.5) is 18.9 Å². The van der Waals surface area contributed by atoms with Gasteiger partial charge in [0, 0.05) is 0 Å². The van der Waals surface area contributed by atoms with Crippen molar-refractivity contribution in [3.8, 4) is 5.75 Å². The summed E-state index contributed by atoms with van der Waals surface area (Å²) in [5.41, 5.74) is -0.474. The van der Waals surface area contributed by atoms with Crippen molar-refractivity contribution in [2.24, 2.45) is 0 Å². The molecule has 116 valence electrons. The van der Waals surface area contributed by atoms with E-state index in [0.29, 0.717) is 11.1 Å². The third-order valence-corrected chi connectivity index (χ3v) is 3.11. The number of hydrogen-bond acceptors (Lipinski definition) is 2. The smallest absolute Gasteiger partial charge is 0.265 e. The molecule has 0 fully saturated rings. The second-order valence-corrected chi connectivity index (χ2v) is 4.81. The number of hydrogen-bond donors (Lipinski definition) is 1. The molecule has 1 N–H and O–H groups in total. The number of rotatable bonds is 4. The fraction of sp³-hybridized carbons (Fsp3) is 0.133. The molecule has 2 aromatic carbocycles. The summed E-state index contributed by atoms with van der Waals surface area (Å²) in [6, 6.07) is 8.14. The Hall–Kier alpha value is -2.21. The molecule has 0 aliphatic carbocycles. The molecule has 2 aromatic rings. The van der Waals surface area contributed by atoms with Gasteiger partial charge in [-0.05, 0) is 31.2 Å². The van der Waals surface area contributed by atoms with Gasteiger partial charge in [-0.2, -0.15) is 0 Å². The zero-order valence-corrected chi connectivity index (χ0v) is 12.1. The number of benzene rings is 2. The van der Waals surface area contributed by atoms with E-state index in [4.69, 9.17) is 16.3 Å². The topological polar surface area (TPSA) is 38.3 Å². The molecule has 1 atom stereocenters. The Bertz CT molecular complexity index is 709. The average molecular weight is 330 g/mol. The van der Waals surface area contributed by atoms with Gasteiger partial charge in [-0.15, -0.1) is 0 Å². The van der Waals surface area contributed by atoms with Crippen molar-refractivity contribution in [3.05, 3.63) is 58.9 Å². The van der Waals surface area contributed by atoms with Gasteiger partial charge in [0.25, 0.3) is 5.91 Å². The maximum absolute atomic E-state index is 13.5. The molecule has 0 saturated carbocycles. The van der Waals surface area contributed by atoms with E-state index in [9.17, 15) is 18.0 Å². The summed E-state index contributed by atoms with van der Waals surface area (Å²) in [7, 11) is 0. The first-order valence-electron chi connectivity index (χ1n) is 6.25. The summed E-state index contributed by atoms with van der Waals surface area (Å²) in [6.07, 6.45) is -1.02. The summed E-state index contributed by atoms with van der Waals surface area (Å²) in [6.45, 7) is 1.41. The number of halogens is 4. The quantitative estimate of drug-likeness (QED) is 0.855. The molecule has 0 saturated heterocycles. The first kappa shape index (κ1) is 16.2. The number of para-hydroxylation sites is 1. The van der Waals surface area contributed by atoms with Crippen molar-refractivity contribution in [1.29, 1.82) is 0 Å². The second-order valence-electron chi connectivity index (χ2n) is 4.40. The van der Waals surface area contributed by atoms with Crippen LogP contribution in [0.1, 0.15) is 6.92 Å². The van der Waals surface area contributed by atoms with Crippen molar-refractivity contribution in [3.63, 3.8) is 0 Å². The van der Waals surface area contributed by atoms with Crippen molar-refractivity contribution in [1.82, 2.24) is 0 Å². The van der Waals surface area contributed by atoms with Gasteiger partial charge in [0.15, 0.2) is 23.6 Å². The minimum absolute atomic E-state index is 0.276. The van der Waals surface area contributed by atoms with Crippen LogP contribution in [-0.2, 0) is 4.79 Å². The molecule has 2 rings (SSSR count). The van der Waals surface area contributed by atoms with Crippen molar-refractivity contribution >= 4 is 23.2 Å². The molecule has 0 spiro atoms. The lowest BCUT2D eigenvalue weighted by molar-refractivity contribution is -0.122. The second kappa shape index (κ2) is 6.70. The predicted octanol–water partition coefficient (Wildman–Crippen LogP) is 4.16. The summed E-state index contributed by atoms with van der Waals surface area (Å²) >= 11 is 5.89. The zero-order chi connectivity index (χ0) is 16.3. The molecular formula is C15H11ClF3NO2. The summed E-state index contributed by atoms with van der Waals surface area (Å²) in [5.74, 6) is -4.92. The molecule has 1 unspecified atom stereocenters. The SMILES string of the molecule is CC(Oc1ccccc1Cl)C(=O)Nc1ccc(F)c(F)c1F. The van der Waals surface area contributed by atoms with Crippen LogP contribution in [0.25, 0.3) is 0 Å². The predicted molar refractivity (Wildman–Crippen MR) is 76.5 cm³/mol. The average Bonchev–Trinajstić information content (AvgIpc) is 2.50. The van der Waals surface area contributed by atoms with Crippen LogP contribution in [-0.4, -0.2) is 12.0 Å². The van der Waals surface area contributed by atoms with E-state index in [1.165, 1.54) is 6.92 Å². The number of carbonyl (C=O) groups excluding carboxylic acids is 1. The molecule has 3 nitrogen and oxygen atoms in total. The first-order chi connectivity index (χ1) is 10.4. The maximum Gasteiger partial charge on any atom is 0.265 e. The van der Waals surface area contributed by atoms with Crippen LogP contribution in [0.15, 0.2) is 36.4 Å². The number of amides is 1. The fourth-order valence-electron chi connectivity index (χ4n) is 1.64. The van der Waals surface area contributed by atoms with E-state index in [0.717, 1.165) is 6.07 Å². The van der Waals surface area contributed by atoms with Gasteiger partial charge in [0.1, 0.15) is 5.75 Å². The molecule has 0 heterocycles. The van der Waals surface area contributed by atoms with Gasteiger partial charge in [-0.1, -0.05) is 23.7 Å². The highest BCUT2D eigenvalue weighted by atomic mass is 35.5. The van der Waals surface area contributed by atoms with Gasteiger partial charge in [-0.25, -0.2) is 13.2 Å². The highest BCUT2D eigenvalue weighted by Crippen LogP contribution is 2.25. The maximum atomic E-state index is 13.5. The lowest BCUT2D eigenvalue weighted by atomic mass is 10.2. The Morgan fingerprint density at radius 1 is 1.14 bits per heavy atom. The zero-order valence-electron chi connectivity index (χ0n) is 11.4. The first-order valence-corrected chi connectivity index (χ1v) is 6.63. The van der Waals surface area contributed by atoms with E-state index >= 15 is 0 Å². The number of ether oxygens (including phenoxy) is 1. The van der Waals surface area contributed by atoms with Crippen LogP contribution in [0.5, 0.6) is 5.75 Å². The van der Waals surface area contributed by atoms with Crippen LogP contribution in [0, 0.1) is 17.5 Å². The normalized spacial score (nSPS) is 11.9. The molecule has 7 heteroatoms. The van der Waals surface area contributed by atoms with Gasteiger partial charge in [0.05, 0.1) is 10.7 Å².